The summed E-state index contributed by atoms with van der Waals surface area (Å²) in [6.07, 6.45) is -0.168. The van der Waals surface area contributed by atoms with Gasteiger partial charge in [-0.15, -0.1) is 0 Å². The van der Waals surface area contributed by atoms with Gasteiger partial charge in [-0.2, -0.15) is 10.4 Å². The predicted molar refractivity (Wildman–Crippen MR) is 138 cm³/mol. The first-order valence-electron chi connectivity index (χ1n) is 12.1. The molecule has 0 fully saturated rings. The van der Waals surface area contributed by atoms with Crippen LogP contribution in [0.25, 0.3) is 0 Å². The van der Waals surface area contributed by atoms with E-state index in [1.165, 1.54) is 0 Å². The molecule has 1 unspecified atom stereocenters. The molecule has 1 aliphatic heterocycles. The molecular weight excluding hydrogens is 474 g/mol. The van der Waals surface area contributed by atoms with Crippen molar-refractivity contribution < 1.29 is 24.2 Å². The number of rotatable bonds is 12. The molecule has 10 nitrogen and oxygen atoms in total. The van der Waals surface area contributed by atoms with E-state index in [9.17, 15) is 14.7 Å². The smallest absolute Gasteiger partial charge is 0.258 e. The van der Waals surface area contributed by atoms with Crippen LogP contribution in [-0.2, 0) is 9.59 Å². The number of ether oxygens (including phenoxy) is 2. The van der Waals surface area contributed by atoms with Gasteiger partial charge in [0.2, 0.25) is 5.91 Å². The molecule has 4 N–H and O–H groups in total. The molecular formula is C27H33N5O5. The average Bonchev–Trinajstić information content (AvgIpc) is 2.87. The molecule has 10 heteroatoms. The lowest BCUT2D eigenvalue weighted by molar-refractivity contribution is -0.123. The SMILES string of the molecule is CC1CC(=O)NN=C1c1ccc(OCC(=O)NCC(C)(C)N[C@@H](O)CCOc2ccccc2C#N)cc1. The Morgan fingerprint density at radius 2 is 1.97 bits per heavy atom. The van der Waals surface area contributed by atoms with E-state index in [2.05, 4.69) is 27.2 Å². The summed E-state index contributed by atoms with van der Waals surface area (Å²) in [5, 5.41) is 29.4. The lowest BCUT2D eigenvalue weighted by atomic mass is 9.94. The van der Waals surface area contributed by atoms with Gasteiger partial charge in [0, 0.05) is 30.8 Å². The zero-order valence-electron chi connectivity index (χ0n) is 21.3. The highest BCUT2D eigenvalue weighted by molar-refractivity contribution is 6.05. The maximum absolute atomic E-state index is 12.3. The third-order valence-corrected chi connectivity index (χ3v) is 5.72. The molecule has 37 heavy (non-hydrogen) atoms. The first-order chi connectivity index (χ1) is 17.7. The fourth-order valence-corrected chi connectivity index (χ4v) is 3.78. The number of nitrogens with one attached hydrogen (secondary N) is 3. The molecule has 2 amide bonds. The van der Waals surface area contributed by atoms with Crippen LogP contribution in [0.4, 0.5) is 0 Å². The number of benzene rings is 2. The Morgan fingerprint density at radius 1 is 1.24 bits per heavy atom. The molecule has 2 aromatic carbocycles. The summed E-state index contributed by atoms with van der Waals surface area (Å²) in [4.78, 5) is 23.7. The monoisotopic (exact) mass is 507 g/mol. The van der Waals surface area contributed by atoms with Crippen LogP contribution in [0.2, 0.25) is 0 Å². The van der Waals surface area contributed by atoms with Gasteiger partial charge in [-0.25, -0.2) is 5.43 Å². The number of aliphatic hydroxyl groups excluding tert-OH is 1. The summed E-state index contributed by atoms with van der Waals surface area (Å²) in [5.41, 5.74) is 4.04. The molecule has 0 saturated heterocycles. The van der Waals surface area contributed by atoms with Crippen molar-refractivity contribution in [1.29, 1.82) is 5.26 Å². The fraction of sp³-hybridized carbons (Fsp3) is 0.407. The van der Waals surface area contributed by atoms with Gasteiger partial charge in [0.25, 0.3) is 5.91 Å². The van der Waals surface area contributed by atoms with Crippen LogP contribution >= 0.6 is 0 Å². The number of hydrogen-bond acceptors (Lipinski definition) is 8. The van der Waals surface area contributed by atoms with Crippen LogP contribution in [0.1, 0.15) is 44.7 Å². The summed E-state index contributed by atoms with van der Waals surface area (Å²) in [7, 11) is 0. The molecule has 2 aromatic rings. The van der Waals surface area contributed by atoms with E-state index in [0.29, 0.717) is 29.9 Å². The van der Waals surface area contributed by atoms with E-state index in [0.717, 1.165) is 11.3 Å². The first-order valence-corrected chi connectivity index (χ1v) is 12.1. The second-order valence-corrected chi connectivity index (χ2v) is 9.52. The maximum Gasteiger partial charge on any atom is 0.258 e. The van der Waals surface area contributed by atoms with Crippen LogP contribution < -0.4 is 25.5 Å². The van der Waals surface area contributed by atoms with Crippen LogP contribution in [-0.4, -0.2) is 54.2 Å². The topological polar surface area (TPSA) is 145 Å². The summed E-state index contributed by atoms with van der Waals surface area (Å²) in [5.74, 6) is 0.650. The highest BCUT2D eigenvalue weighted by Gasteiger charge is 2.23. The number of nitriles is 1. The van der Waals surface area contributed by atoms with Crippen LogP contribution in [0, 0.1) is 17.2 Å². The number of hydrogen-bond donors (Lipinski definition) is 4. The van der Waals surface area contributed by atoms with E-state index in [1.807, 2.05) is 32.9 Å². The van der Waals surface area contributed by atoms with Gasteiger partial charge in [0.05, 0.1) is 17.9 Å². The molecule has 0 bridgehead atoms. The van der Waals surface area contributed by atoms with E-state index in [4.69, 9.17) is 14.7 Å². The molecule has 0 radical (unpaired) electrons. The Balaban J connectivity index is 1.37. The summed E-state index contributed by atoms with van der Waals surface area (Å²) in [6, 6.07) is 16.2. The molecule has 3 rings (SSSR count). The first kappa shape index (κ1) is 27.6. The summed E-state index contributed by atoms with van der Waals surface area (Å²) in [6.45, 7) is 6.01. The van der Waals surface area contributed by atoms with Gasteiger partial charge in [-0.05, 0) is 55.8 Å². The molecule has 196 valence electrons. The van der Waals surface area contributed by atoms with E-state index in [1.54, 1.807) is 36.4 Å². The minimum atomic E-state index is -0.860. The van der Waals surface area contributed by atoms with Crippen molar-refractivity contribution in [3.63, 3.8) is 0 Å². The van der Waals surface area contributed by atoms with Crippen LogP contribution in [0.15, 0.2) is 53.6 Å². The van der Waals surface area contributed by atoms with Crippen molar-refractivity contribution in [3.05, 3.63) is 59.7 Å². The van der Waals surface area contributed by atoms with Gasteiger partial charge >= 0.3 is 0 Å². The number of carbonyl (C=O) groups is 2. The number of aliphatic hydroxyl groups is 1. The van der Waals surface area contributed by atoms with Gasteiger partial charge < -0.3 is 19.9 Å². The Bertz CT molecular complexity index is 1160. The Labute approximate surface area is 216 Å². The predicted octanol–water partition coefficient (Wildman–Crippen LogP) is 2.07. The van der Waals surface area contributed by atoms with Gasteiger partial charge in [0.15, 0.2) is 6.61 Å². The quantitative estimate of drug-likeness (QED) is 0.322. The Morgan fingerprint density at radius 3 is 2.68 bits per heavy atom. The number of nitrogens with zero attached hydrogens (tertiary/aromatic N) is 2. The molecule has 2 atom stereocenters. The van der Waals surface area contributed by atoms with Crippen molar-refractivity contribution >= 4 is 17.5 Å². The van der Waals surface area contributed by atoms with Crippen LogP contribution in [0.5, 0.6) is 11.5 Å². The molecule has 0 aromatic heterocycles. The minimum Gasteiger partial charge on any atom is -0.492 e. The fourth-order valence-electron chi connectivity index (χ4n) is 3.78. The van der Waals surface area contributed by atoms with Crippen molar-refractivity contribution in [2.75, 3.05) is 19.8 Å². The Hall–Kier alpha value is -3.94. The normalized spacial score (nSPS) is 16.1. The zero-order valence-corrected chi connectivity index (χ0v) is 21.3. The second-order valence-electron chi connectivity index (χ2n) is 9.52. The number of carbonyl (C=O) groups excluding carboxylic acids is 2. The number of hydrazone groups is 1. The average molecular weight is 508 g/mol. The van der Waals surface area contributed by atoms with Gasteiger partial charge in [-0.3, -0.25) is 14.9 Å². The van der Waals surface area contributed by atoms with Gasteiger partial charge in [-0.1, -0.05) is 19.1 Å². The van der Waals surface area contributed by atoms with Crippen molar-refractivity contribution in [1.82, 2.24) is 16.1 Å². The molecule has 0 saturated carbocycles. The van der Waals surface area contributed by atoms with Crippen LogP contribution in [0.3, 0.4) is 0 Å². The minimum absolute atomic E-state index is 0.0228. The highest BCUT2D eigenvalue weighted by atomic mass is 16.5. The number of amides is 2. The van der Waals surface area contributed by atoms with Crippen molar-refractivity contribution in [2.24, 2.45) is 11.0 Å². The van der Waals surface area contributed by atoms with Crippen molar-refractivity contribution in [2.45, 2.75) is 45.4 Å². The maximum atomic E-state index is 12.3. The van der Waals surface area contributed by atoms with E-state index < -0.39 is 11.8 Å². The van der Waals surface area contributed by atoms with E-state index >= 15 is 0 Å². The summed E-state index contributed by atoms with van der Waals surface area (Å²) >= 11 is 0. The number of para-hydroxylation sites is 1. The lowest BCUT2D eigenvalue weighted by Crippen LogP contribution is -2.53. The van der Waals surface area contributed by atoms with Gasteiger partial charge in [0.1, 0.15) is 23.8 Å². The standard InChI is InChI=1S/C27H33N5O5/c1-18-14-24(34)31-32-26(18)19-8-10-21(11-9-19)37-16-25(35)29-17-27(2,3)30-23(33)12-13-36-22-7-5-4-6-20(22)15-28/h4-11,18,23,30,33H,12-14,16-17H2,1-3H3,(H,29,35)(H,31,34)/t18?,23-/m0/s1. The summed E-state index contributed by atoms with van der Waals surface area (Å²) < 4.78 is 11.2. The highest BCUT2D eigenvalue weighted by Crippen LogP contribution is 2.20. The lowest BCUT2D eigenvalue weighted by Gasteiger charge is -2.29. The van der Waals surface area contributed by atoms with Crippen molar-refractivity contribution in [3.8, 4) is 17.6 Å². The van der Waals surface area contributed by atoms with E-state index in [-0.39, 0.29) is 37.5 Å². The molecule has 1 heterocycles. The zero-order chi connectivity index (χ0) is 26.8. The molecule has 0 aliphatic carbocycles. The third kappa shape index (κ3) is 8.59. The third-order valence-electron chi connectivity index (χ3n) is 5.72. The second kappa shape index (κ2) is 12.9. The Kier molecular flexibility index (Phi) is 9.60. The molecule has 1 aliphatic rings. The molecule has 0 spiro atoms. The largest absolute Gasteiger partial charge is 0.492 e.